The Hall–Kier alpha value is -1.64. The maximum absolute atomic E-state index is 13.0. The van der Waals surface area contributed by atoms with Crippen molar-refractivity contribution in [3.63, 3.8) is 0 Å². The molecule has 30 heavy (non-hydrogen) atoms. The van der Waals surface area contributed by atoms with Crippen molar-refractivity contribution in [2.45, 2.75) is 75.8 Å². The van der Waals surface area contributed by atoms with E-state index < -0.39 is 32.2 Å². The van der Waals surface area contributed by atoms with Crippen molar-refractivity contribution in [3.8, 4) is 0 Å². The fourth-order valence-corrected chi connectivity index (χ4v) is 5.96. The first-order valence-corrected chi connectivity index (χ1v) is 14.0. The Morgan fingerprint density at radius 1 is 1.17 bits per heavy atom. The zero-order valence-corrected chi connectivity index (χ0v) is 20.5. The minimum absolute atomic E-state index is 0.0197. The van der Waals surface area contributed by atoms with Gasteiger partial charge in [0.15, 0.2) is 20.1 Å². The quantitative estimate of drug-likeness (QED) is 0.282. The third-order valence-corrected chi connectivity index (χ3v) is 12.0. The fraction of sp³-hybridized carbons (Fsp3) is 0.591. The normalized spacial score (nSPS) is 27.5. The largest absolute Gasteiger partial charge is 0.413 e. The van der Waals surface area contributed by atoms with Crippen LogP contribution in [0.25, 0.3) is 0 Å². The standard InChI is InChI=1S/C22H31NO5SSi/c1-13-17-16(14(2)28-30(6,7)22(3,4)5)20(25)23(17)18(19(13)24)21(26)27-29-15-11-9-8-10-12-15/h8-14,16-18H,1-7H3/t13-,14?,16-,17-,18?/m1/s1. The second-order valence-corrected chi connectivity index (χ2v) is 15.3. The highest BCUT2D eigenvalue weighted by molar-refractivity contribution is 7.95. The molecule has 2 unspecified atom stereocenters. The molecule has 0 bridgehead atoms. The summed E-state index contributed by atoms with van der Waals surface area (Å²) in [6, 6.07) is 7.68. The molecule has 2 heterocycles. The molecule has 1 aromatic carbocycles. The maximum atomic E-state index is 13.0. The number of amides is 1. The lowest BCUT2D eigenvalue weighted by Gasteiger charge is -2.50. The zero-order valence-electron chi connectivity index (χ0n) is 18.7. The van der Waals surface area contributed by atoms with Gasteiger partial charge in [0.2, 0.25) is 5.91 Å². The van der Waals surface area contributed by atoms with E-state index in [9.17, 15) is 14.4 Å². The van der Waals surface area contributed by atoms with Gasteiger partial charge >= 0.3 is 5.97 Å². The highest BCUT2D eigenvalue weighted by Gasteiger charge is 2.65. The van der Waals surface area contributed by atoms with Crippen molar-refractivity contribution >= 4 is 38.0 Å². The van der Waals surface area contributed by atoms with Gasteiger partial charge in [-0.05, 0) is 37.2 Å². The van der Waals surface area contributed by atoms with E-state index in [0.29, 0.717) is 0 Å². The van der Waals surface area contributed by atoms with Crippen LogP contribution in [-0.2, 0) is 23.0 Å². The molecular weight excluding hydrogens is 418 g/mol. The number of ketones is 1. The van der Waals surface area contributed by atoms with Crippen molar-refractivity contribution in [2.75, 3.05) is 0 Å². The highest BCUT2D eigenvalue weighted by atomic mass is 32.2. The summed E-state index contributed by atoms with van der Waals surface area (Å²) >= 11 is 0.906. The smallest absolute Gasteiger partial charge is 0.349 e. The number of carbonyl (C=O) groups excluding carboxylic acids is 3. The van der Waals surface area contributed by atoms with Gasteiger partial charge < -0.3 is 13.5 Å². The Morgan fingerprint density at radius 2 is 1.77 bits per heavy atom. The Balaban J connectivity index is 1.70. The van der Waals surface area contributed by atoms with Crippen molar-refractivity contribution in [1.29, 1.82) is 0 Å². The minimum Gasteiger partial charge on any atom is -0.413 e. The molecule has 164 valence electrons. The number of hydrogen-bond acceptors (Lipinski definition) is 6. The molecule has 2 saturated heterocycles. The number of β-lactam (4-membered cyclic amide) rings is 1. The number of Topliss-reactive ketones (excluding diaryl/α,β-unsaturated/α-hetero) is 1. The molecule has 0 N–H and O–H groups in total. The second kappa shape index (κ2) is 8.13. The van der Waals surface area contributed by atoms with Crippen LogP contribution in [0.3, 0.4) is 0 Å². The number of hydrogen-bond donors (Lipinski definition) is 0. The van der Waals surface area contributed by atoms with E-state index in [-0.39, 0.29) is 28.9 Å². The van der Waals surface area contributed by atoms with E-state index in [2.05, 4.69) is 33.9 Å². The molecule has 8 heteroatoms. The van der Waals surface area contributed by atoms with E-state index in [1.807, 2.05) is 37.3 Å². The van der Waals surface area contributed by atoms with Gasteiger partial charge in [0.25, 0.3) is 0 Å². The average Bonchev–Trinajstić information content (AvgIpc) is 2.87. The minimum atomic E-state index is -2.07. The lowest BCUT2D eigenvalue weighted by Crippen LogP contribution is -2.67. The third kappa shape index (κ3) is 3.97. The topological polar surface area (TPSA) is 72.9 Å². The van der Waals surface area contributed by atoms with E-state index in [4.69, 9.17) is 8.61 Å². The molecule has 1 amide bonds. The van der Waals surface area contributed by atoms with E-state index in [0.717, 1.165) is 16.9 Å². The van der Waals surface area contributed by atoms with Crippen molar-refractivity contribution in [2.24, 2.45) is 11.8 Å². The van der Waals surface area contributed by atoms with Gasteiger partial charge in [-0.1, -0.05) is 45.9 Å². The molecular formula is C22H31NO5SSi. The first-order valence-electron chi connectivity index (χ1n) is 10.3. The van der Waals surface area contributed by atoms with E-state index in [1.165, 1.54) is 4.90 Å². The third-order valence-electron chi connectivity index (χ3n) is 6.72. The summed E-state index contributed by atoms with van der Waals surface area (Å²) in [5, 5.41) is 0.0197. The predicted molar refractivity (Wildman–Crippen MR) is 118 cm³/mol. The molecule has 0 radical (unpaired) electrons. The number of nitrogens with zero attached hydrogens (tertiary/aromatic N) is 1. The SMILES string of the molecule is CC(O[Si](C)(C)C(C)(C)C)[C@H]1C(=O)N2C(C(=O)OSc3ccccc3)C(=O)[C@H](C)[C@H]12. The Labute approximate surface area is 184 Å². The van der Waals surface area contributed by atoms with Crippen molar-refractivity contribution in [3.05, 3.63) is 30.3 Å². The maximum Gasteiger partial charge on any atom is 0.349 e. The zero-order chi connectivity index (χ0) is 22.4. The summed E-state index contributed by atoms with van der Waals surface area (Å²) in [7, 11) is -2.07. The number of fused-ring (bicyclic) bond motifs is 1. The van der Waals surface area contributed by atoms with Gasteiger partial charge in [-0.25, -0.2) is 4.79 Å². The average molecular weight is 450 g/mol. The molecule has 2 fully saturated rings. The summed E-state index contributed by atoms with van der Waals surface area (Å²) < 4.78 is 11.7. The van der Waals surface area contributed by atoms with Crippen LogP contribution >= 0.6 is 12.0 Å². The van der Waals surface area contributed by atoms with Crippen molar-refractivity contribution < 1.29 is 23.0 Å². The second-order valence-electron chi connectivity index (χ2n) is 9.74. The number of rotatable bonds is 6. The van der Waals surface area contributed by atoms with Gasteiger partial charge in [-0.2, -0.15) is 0 Å². The van der Waals surface area contributed by atoms with Crippen LogP contribution in [0.4, 0.5) is 0 Å². The molecule has 2 aliphatic rings. The van der Waals surface area contributed by atoms with Gasteiger partial charge in [0, 0.05) is 10.8 Å². The summed E-state index contributed by atoms with van der Waals surface area (Å²) in [4.78, 5) is 40.7. The molecule has 0 aliphatic carbocycles. The summed E-state index contributed by atoms with van der Waals surface area (Å²) in [6.07, 6.45) is -0.302. The highest BCUT2D eigenvalue weighted by Crippen LogP contribution is 2.46. The fourth-order valence-electron chi connectivity index (χ4n) is 4.00. The van der Waals surface area contributed by atoms with Gasteiger partial charge in [-0.3, -0.25) is 9.59 Å². The van der Waals surface area contributed by atoms with Crippen LogP contribution in [-0.4, -0.2) is 49.1 Å². The molecule has 0 saturated carbocycles. The molecule has 1 aromatic rings. The molecule has 0 spiro atoms. The first-order chi connectivity index (χ1) is 13.9. The van der Waals surface area contributed by atoms with Gasteiger partial charge in [0.1, 0.15) is 0 Å². The number of carbonyl (C=O) groups is 3. The van der Waals surface area contributed by atoms with Crippen LogP contribution in [0.1, 0.15) is 34.6 Å². The first kappa shape index (κ1) is 23.0. The van der Waals surface area contributed by atoms with Crippen LogP contribution in [0.15, 0.2) is 35.2 Å². The van der Waals surface area contributed by atoms with Crippen LogP contribution in [0.5, 0.6) is 0 Å². The summed E-state index contributed by atoms with van der Waals surface area (Å²) in [5.74, 6) is -1.97. The predicted octanol–water partition coefficient (Wildman–Crippen LogP) is 4.06. The van der Waals surface area contributed by atoms with E-state index in [1.54, 1.807) is 6.92 Å². The molecule has 6 nitrogen and oxygen atoms in total. The van der Waals surface area contributed by atoms with Gasteiger partial charge in [-0.15, -0.1) is 0 Å². The Kier molecular flexibility index (Phi) is 6.24. The number of benzene rings is 1. The monoisotopic (exact) mass is 449 g/mol. The van der Waals surface area contributed by atoms with Crippen molar-refractivity contribution in [1.82, 2.24) is 4.90 Å². The van der Waals surface area contributed by atoms with Crippen LogP contribution in [0, 0.1) is 11.8 Å². The molecule has 3 rings (SSSR count). The van der Waals surface area contributed by atoms with Crippen LogP contribution in [0.2, 0.25) is 18.1 Å². The molecule has 2 aliphatic heterocycles. The van der Waals surface area contributed by atoms with Crippen LogP contribution < -0.4 is 0 Å². The Morgan fingerprint density at radius 3 is 2.33 bits per heavy atom. The lowest BCUT2D eigenvalue weighted by atomic mass is 9.79. The Bertz CT molecular complexity index is 838. The summed E-state index contributed by atoms with van der Waals surface area (Å²) in [6.45, 7) is 14.4. The molecule has 0 aromatic heterocycles. The van der Waals surface area contributed by atoms with E-state index >= 15 is 0 Å². The summed E-state index contributed by atoms with van der Waals surface area (Å²) in [5.41, 5.74) is 0. The lowest BCUT2D eigenvalue weighted by molar-refractivity contribution is -0.169. The molecule has 5 atom stereocenters. The van der Waals surface area contributed by atoms with Gasteiger partial charge in [0.05, 0.1) is 30.1 Å².